The van der Waals surface area contributed by atoms with E-state index in [0.717, 1.165) is 56.4 Å². The van der Waals surface area contributed by atoms with Gasteiger partial charge >= 0.3 is 0 Å². The summed E-state index contributed by atoms with van der Waals surface area (Å²) in [5.41, 5.74) is 12.1. The molecule has 0 radical (unpaired) electrons. The first-order valence-corrected chi connectivity index (χ1v) is 23.2. The third-order valence-electron chi connectivity index (χ3n) is 10.1. The zero-order valence-corrected chi connectivity index (χ0v) is 45.4. The molecule has 0 saturated heterocycles. The molecule has 1 heterocycles. The highest BCUT2D eigenvalue weighted by molar-refractivity contribution is 5.43. The number of aromatic nitrogens is 2. The van der Waals surface area contributed by atoms with E-state index in [0.29, 0.717) is 23.8 Å². The van der Waals surface area contributed by atoms with Crippen molar-refractivity contribution in [2.24, 2.45) is 0 Å². The zero-order valence-electron chi connectivity index (χ0n) is 45.4. The lowest BCUT2D eigenvalue weighted by molar-refractivity contribution is 0.354. The molecule has 12 nitrogen and oxygen atoms in total. The van der Waals surface area contributed by atoms with Gasteiger partial charge in [-0.15, -0.1) is 0 Å². The minimum atomic E-state index is 0.188. The van der Waals surface area contributed by atoms with Crippen LogP contribution in [0.25, 0.3) is 0 Å². The first kappa shape index (κ1) is 62.6. The fraction of sp³-hybridized carbons (Fsp3) is 0.262. The fourth-order valence-corrected chi connectivity index (χ4v) is 5.91. The smallest absolute Gasteiger partial charge is 0.232 e. The molecule has 388 valence electrons. The monoisotopic (exact) mass is 993 g/mol. The molecule has 6 aromatic carbocycles. The number of nitriles is 1. The molecule has 4 N–H and O–H groups in total. The van der Waals surface area contributed by atoms with Crippen molar-refractivity contribution >= 4 is 0 Å². The molecule has 7 aromatic rings. The first-order chi connectivity index (χ1) is 34.7. The Kier molecular flexibility index (Phi) is 29.8. The van der Waals surface area contributed by atoms with Gasteiger partial charge in [0.05, 0.1) is 35.5 Å². The Morgan fingerprint density at radius 1 is 0.466 bits per heavy atom. The van der Waals surface area contributed by atoms with Crippen molar-refractivity contribution in [3.8, 4) is 52.1 Å². The largest absolute Gasteiger partial charge is 0.508 e. The summed E-state index contributed by atoms with van der Waals surface area (Å²) in [5, 5.41) is 39.0. The van der Waals surface area contributed by atoms with Crippen molar-refractivity contribution in [1.82, 2.24) is 15.3 Å². The quantitative estimate of drug-likeness (QED) is 0.101. The van der Waals surface area contributed by atoms with Crippen LogP contribution in [0.15, 0.2) is 147 Å². The number of allylic oxidation sites excluding steroid dienone is 2. The molecular weight excluding hydrogens is 917 g/mol. The molecule has 0 spiro atoms. The summed E-state index contributed by atoms with van der Waals surface area (Å²) in [4.78, 5) is 7.45. The minimum absolute atomic E-state index is 0.188. The molecule has 0 saturated carbocycles. The van der Waals surface area contributed by atoms with Crippen molar-refractivity contribution < 1.29 is 39.0 Å². The predicted octanol–water partition coefficient (Wildman–Crippen LogP) is 13.5. The zero-order chi connectivity index (χ0) is 54.9. The van der Waals surface area contributed by atoms with Crippen molar-refractivity contribution in [2.45, 2.75) is 75.8 Å². The Hall–Kier alpha value is -8.43. The van der Waals surface area contributed by atoms with Crippen molar-refractivity contribution in [2.75, 3.05) is 35.5 Å². The second kappa shape index (κ2) is 34.8. The van der Waals surface area contributed by atoms with Gasteiger partial charge in [0.2, 0.25) is 5.82 Å². The van der Waals surface area contributed by atoms with E-state index in [2.05, 4.69) is 60.0 Å². The molecule has 0 amide bonds. The summed E-state index contributed by atoms with van der Waals surface area (Å²) in [7, 11) is 8.20. The number of ether oxygens (including phenoxy) is 5. The summed E-state index contributed by atoms with van der Waals surface area (Å²) in [6.07, 6.45) is 8.54. The number of nitrogens with zero attached hydrogens (tertiary/aromatic N) is 3. The average molecular weight is 993 g/mol. The highest BCUT2D eigenvalue weighted by Gasteiger charge is 2.02. The molecule has 0 atom stereocenters. The van der Waals surface area contributed by atoms with E-state index in [1.54, 1.807) is 77.4 Å². The lowest BCUT2D eigenvalue weighted by Gasteiger charge is -2.06. The second-order valence-electron chi connectivity index (χ2n) is 16.6. The SMILES string of the molecule is C=CC=CNCc1cc(C)ccc1O.COc1cc(C)ccc1C.COc1cc(C)ccc1C.COc1cc(C)ccc1O.COc1ccc(C)cc1OC.Cc1ccc(C)c(O)c1.Cc1cnc(C#N)nc1. The van der Waals surface area contributed by atoms with Gasteiger partial charge in [0.1, 0.15) is 29.1 Å². The van der Waals surface area contributed by atoms with Crippen LogP contribution in [0.5, 0.6) is 46.0 Å². The van der Waals surface area contributed by atoms with E-state index in [4.69, 9.17) is 39.2 Å². The fourth-order valence-electron chi connectivity index (χ4n) is 5.91. The van der Waals surface area contributed by atoms with Crippen LogP contribution >= 0.6 is 0 Å². The topological polar surface area (TPSA) is 168 Å². The Bertz CT molecular complexity index is 2680. The van der Waals surface area contributed by atoms with Crippen LogP contribution in [0.4, 0.5) is 0 Å². The van der Waals surface area contributed by atoms with Crippen LogP contribution < -0.4 is 29.0 Å². The molecule has 73 heavy (non-hydrogen) atoms. The normalized spacial score (nSPS) is 9.51. The minimum Gasteiger partial charge on any atom is -0.508 e. The maximum absolute atomic E-state index is 9.51. The van der Waals surface area contributed by atoms with Crippen molar-refractivity contribution in [1.29, 1.82) is 5.26 Å². The van der Waals surface area contributed by atoms with Gasteiger partial charge in [0, 0.05) is 24.5 Å². The van der Waals surface area contributed by atoms with Gasteiger partial charge in [0.25, 0.3) is 0 Å². The molecule has 0 unspecified atom stereocenters. The Balaban J connectivity index is 0.000000428. The molecular formula is C61H76N4O8. The lowest BCUT2D eigenvalue weighted by atomic mass is 10.1. The van der Waals surface area contributed by atoms with Gasteiger partial charge in [-0.3, -0.25) is 0 Å². The van der Waals surface area contributed by atoms with Crippen molar-refractivity contribution in [3.63, 3.8) is 0 Å². The van der Waals surface area contributed by atoms with Crippen LogP contribution in [-0.4, -0.2) is 60.8 Å². The summed E-state index contributed by atoms with van der Waals surface area (Å²) >= 11 is 0. The number of nitrogens with one attached hydrogen (secondary N) is 1. The third kappa shape index (κ3) is 25.3. The summed E-state index contributed by atoms with van der Waals surface area (Å²) < 4.78 is 25.3. The maximum atomic E-state index is 9.51. The molecule has 12 heteroatoms. The second-order valence-corrected chi connectivity index (χ2v) is 16.6. The van der Waals surface area contributed by atoms with Gasteiger partial charge in [-0.25, -0.2) is 9.97 Å². The summed E-state index contributed by atoms with van der Waals surface area (Å²) in [5.74, 6) is 5.16. The van der Waals surface area contributed by atoms with E-state index in [1.165, 1.54) is 34.9 Å². The predicted molar refractivity (Wildman–Crippen MR) is 297 cm³/mol. The van der Waals surface area contributed by atoms with Crippen LogP contribution in [0.3, 0.4) is 0 Å². The van der Waals surface area contributed by atoms with Crippen LogP contribution in [0.2, 0.25) is 0 Å². The number of aryl methyl sites for hydroxylation is 10. The lowest BCUT2D eigenvalue weighted by Crippen LogP contribution is -2.04. The van der Waals surface area contributed by atoms with E-state index in [1.807, 2.05) is 128 Å². The molecule has 0 aliphatic carbocycles. The molecule has 0 bridgehead atoms. The number of phenolic OH excluding ortho intramolecular Hbond substituents is 3. The molecule has 1 aromatic heterocycles. The number of hydrogen-bond donors (Lipinski definition) is 4. The van der Waals surface area contributed by atoms with E-state index in [9.17, 15) is 5.11 Å². The number of methoxy groups -OCH3 is 5. The number of benzene rings is 6. The van der Waals surface area contributed by atoms with Gasteiger partial charge in [-0.2, -0.15) is 5.26 Å². The Morgan fingerprint density at radius 3 is 1.27 bits per heavy atom. The highest BCUT2D eigenvalue weighted by atomic mass is 16.5. The Labute approximate surface area is 434 Å². The number of phenols is 3. The van der Waals surface area contributed by atoms with Gasteiger partial charge in [0.15, 0.2) is 23.0 Å². The Morgan fingerprint density at radius 2 is 0.863 bits per heavy atom. The van der Waals surface area contributed by atoms with E-state index >= 15 is 0 Å². The number of aromatic hydroxyl groups is 3. The summed E-state index contributed by atoms with van der Waals surface area (Å²) in [6, 6.07) is 36.5. The number of hydrogen-bond acceptors (Lipinski definition) is 12. The van der Waals surface area contributed by atoms with Crippen LogP contribution in [0.1, 0.15) is 67.0 Å². The average Bonchev–Trinajstić information content (AvgIpc) is 3.38. The molecule has 0 aliphatic heterocycles. The van der Waals surface area contributed by atoms with Crippen molar-refractivity contribution in [3.05, 3.63) is 214 Å². The molecule has 7 rings (SSSR count). The highest BCUT2D eigenvalue weighted by Crippen LogP contribution is 2.27. The maximum Gasteiger partial charge on any atom is 0.232 e. The van der Waals surface area contributed by atoms with Crippen LogP contribution in [0, 0.1) is 80.6 Å². The van der Waals surface area contributed by atoms with Gasteiger partial charge in [-0.1, -0.05) is 78.9 Å². The van der Waals surface area contributed by atoms with Gasteiger partial charge < -0.3 is 44.3 Å². The molecule has 0 aliphatic rings. The van der Waals surface area contributed by atoms with E-state index < -0.39 is 0 Å². The van der Waals surface area contributed by atoms with E-state index in [-0.39, 0.29) is 11.6 Å². The standard InChI is InChI=1S/C12H15NO.C9H12O2.2C9H12O.C8H10O2.C8H10O.C6H5N3/c1-3-4-7-13-9-11-8-10(2)5-6-12(11)14;1-7-4-5-8(10-2)9(6-7)11-3;2*1-7-4-5-8(2)9(6-7)10-3;1-6-3-4-7(9)8(5-6)10-2;1-6-3-4-7(2)8(9)5-6;1-5-3-8-6(2-7)9-4-5/h3-8,13-14H,1,9H2,2H3;4-6H,1-3H3;2*4-6H,1-3H3;3-5,9H,1-2H3;3-5,9H,1-2H3;3-4H,1H3. The first-order valence-electron chi connectivity index (χ1n) is 23.2. The number of rotatable bonds is 9. The van der Waals surface area contributed by atoms with Crippen LogP contribution in [-0.2, 0) is 6.54 Å². The summed E-state index contributed by atoms with van der Waals surface area (Å²) in [6.45, 7) is 24.1. The third-order valence-corrected chi connectivity index (χ3v) is 10.1. The van der Waals surface area contributed by atoms with Gasteiger partial charge in [-0.05, 0) is 180 Å². The molecule has 0 fully saturated rings.